The van der Waals surface area contributed by atoms with Crippen molar-refractivity contribution < 1.29 is 33.4 Å². The van der Waals surface area contributed by atoms with E-state index in [0.717, 1.165) is 16.7 Å². The molecule has 0 aromatic carbocycles. The summed E-state index contributed by atoms with van der Waals surface area (Å²) < 4.78 is 11.2. The van der Waals surface area contributed by atoms with Crippen LogP contribution in [0.5, 0.6) is 0 Å². The van der Waals surface area contributed by atoms with Gasteiger partial charge in [-0.3, -0.25) is 24.6 Å². The van der Waals surface area contributed by atoms with Crippen LogP contribution in [0.15, 0.2) is 49.1 Å². The molecular weight excluding hydrogens is 530 g/mol. The fourth-order valence-electron chi connectivity index (χ4n) is 3.45. The smallest absolute Gasteiger partial charge is 0.408 e. The Kier molecular flexibility index (Phi) is 16.7. The second kappa shape index (κ2) is 18.4. The molecule has 0 spiro atoms. The molecule has 3 atom stereocenters. The molecule has 0 fully saturated rings. The maximum atomic E-state index is 13.5. The molecule has 0 saturated heterocycles. The molecule has 12 nitrogen and oxygen atoms in total. The molecule has 12 heteroatoms. The summed E-state index contributed by atoms with van der Waals surface area (Å²) in [6, 6.07) is -2.32. The lowest BCUT2D eigenvalue weighted by atomic mass is 10.0. The number of hydrogen-bond donors (Lipinski definition) is 4. The lowest BCUT2D eigenvalue weighted by molar-refractivity contribution is -0.141. The first kappa shape index (κ1) is 37.1. The lowest BCUT2D eigenvalue weighted by Gasteiger charge is -2.32. The van der Waals surface area contributed by atoms with E-state index >= 15 is 0 Å². The van der Waals surface area contributed by atoms with Crippen molar-refractivity contribution in [3.8, 4) is 0 Å². The second-order valence-electron chi connectivity index (χ2n) is 10.8. The number of amides is 5. The Morgan fingerprint density at radius 2 is 1.63 bits per heavy atom. The van der Waals surface area contributed by atoms with Gasteiger partial charge in [0.05, 0.1) is 18.2 Å². The van der Waals surface area contributed by atoms with E-state index < -0.39 is 53.5 Å². The summed E-state index contributed by atoms with van der Waals surface area (Å²) in [5.41, 5.74) is 7.70. The average Bonchev–Trinajstić information content (AvgIpc) is 2.85. The number of nitrogens with zero attached hydrogens (tertiary/aromatic N) is 1. The molecular formula is C29H47N5O7. The third-order valence-corrected chi connectivity index (χ3v) is 5.23. The second-order valence-corrected chi connectivity index (χ2v) is 10.8. The third-order valence-electron chi connectivity index (χ3n) is 5.23. The zero-order valence-corrected chi connectivity index (χ0v) is 25.3. The fraction of sp³-hybridized carbons (Fsp3) is 0.552. The minimum Gasteiger partial charge on any atom is -0.445 e. The molecule has 0 heterocycles. The van der Waals surface area contributed by atoms with Crippen molar-refractivity contribution in [2.75, 3.05) is 13.2 Å². The monoisotopic (exact) mass is 577 g/mol. The minimum atomic E-state index is -1.23. The van der Waals surface area contributed by atoms with E-state index in [0.29, 0.717) is 0 Å². The van der Waals surface area contributed by atoms with Crippen molar-refractivity contribution in [1.82, 2.24) is 21.1 Å². The number of nitrogens with one attached hydrogen (secondary N) is 3. The van der Waals surface area contributed by atoms with Gasteiger partial charge in [0.25, 0.3) is 11.8 Å². The Labute approximate surface area is 243 Å². The summed E-state index contributed by atoms with van der Waals surface area (Å²) in [6.45, 7) is 19.3. The van der Waals surface area contributed by atoms with Crippen LogP contribution in [0.3, 0.4) is 0 Å². The van der Waals surface area contributed by atoms with Gasteiger partial charge in [0.15, 0.2) is 0 Å². The lowest BCUT2D eigenvalue weighted by Crippen LogP contribution is -2.60. The maximum absolute atomic E-state index is 13.5. The molecule has 0 bridgehead atoms. The summed E-state index contributed by atoms with van der Waals surface area (Å²) in [5.74, 6) is -2.76. The fourth-order valence-corrected chi connectivity index (χ4v) is 3.45. The molecule has 0 aromatic rings. The molecule has 0 aliphatic rings. The number of primary amides is 1. The Morgan fingerprint density at radius 1 is 1.00 bits per heavy atom. The molecule has 0 aromatic heterocycles. The van der Waals surface area contributed by atoms with E-state index in [9.17, 15) is 24.0 Å². The van der Waals surface area contributed by atoms with E-state index in [4.69, 9.17) is 15.2 Å². The largest absolute Gasteiger partial charge is 0.445 e. The first-order valence-corrected chi connectivity index (χ1v) is 13.4. The highest BCUT2D eigenvalue weighted by Crippen LogP contribution is 2.14. The molecule has 5 amide bonds. The Balaban J connectivity index is 5.87. The van der Waals surface area contributed by atoms with E-state index in [1.165, 1.54) is 0 Å². The van der Waals surface area contributed by atoms with Crippen LogP contribution < -0.4 is 21.8 Å². The van der Waals surface area contributed by atoms with E-state index in [1.807, 2.05) is 13.8 Å². The van der Waals surface area contributed by atoms with Gasteiger partial charge in [0, 0.05) is 6.42 Å². The van der Waals surface area contributed by atoms with E-state index in [-0.39, 0.29) is 31.9 Å². The number of hydrazine groups is 1. The zero-order valence-electron chi connectivity index (χ0n) is 25.3. The summed E-state index contributed by atoms with van der Waals surface area (Å²) >= 11 is 0. The van der Waals surface area contributed by atoms with Gasteiger partial charge in [-0.1, -0.05) is 51.3 Å². The van der Waals surface area contributed by atoms with Gasteiger partial charge in [-0.15, -0.1) is 0 Å². The summed E-state index contributed by atoms with van der Waals surface area (Å²) in [4.78, 5) is 62.7. The van der Waals surface area contributed by atoms with Gasteiger partial charge in [-0.25, -0.2) is 9.80 Å². The highest BCUT2D eigenvalue weighted by Gasteiger charge is 2.34. The molecule has 0 rings (SSSR count). The number of hydrogen-bond acceptors (Lipinski definition) is 7. The first-order chi connectivity index (χ1) is 19.0. The molecule has 0 saturated carbocycles. The molecule has 0 aliphatic carbocycles. The third kappa shape index (κ3) is 16.7. The predicted octanol–water partition coefficient (Wildman–Crippen LogP) is 2.43. The molecule has 0 radical (unpaired) electrons. The highest BCUT2D eigenvalue weighted by molar-refractivity contribution is 5.94. The summed E-state index contributed by atoms with van der Waals surface area (Å²) in [7, 11) is 0. The Bertz CT molecular complexity index is 998. The molecule has 230 valence electrons. The predicted molar refractivity (Wildman–Crippen MR) is 157 cm³/mol. The van der Waals surface area contributed by atoms with Gasteiger partial charge in [-0.05, 0) is 58.6 Å². The number of nitrogens with two attached hydrogens (primary N) is 1. The van der Waals surface area contributed by atoms with Crippen LogP contribution in [-0.2, 0) is 28.7 Å². The van der Waals surface area contributed by atoms with Crippen LogP contribution in [0, 0.1) is 5.92 Å². The van der Waals surface area contributed by atoms with Crippen LogP contribution in [0.25, 0.3) is 0 Å². The van der Waals surface area contributed by atoms with Gasteiger partial charge in [0.1, 0.15) is 18.7 Å². The normalized spacial score (nSPS) is 14.0. The van der Waals surface area contributed by atoms with E-state index in [1.54, 1.807) is 58.9 Å². The van der Waals surface area contributed by atoms with Gasteiger partial charge < -0.3 is 25.8 Å². The van der Waals surface area contributed by atoms with Crippen LogP contribution in [0.2, 0.25) is 0 Å². The zero-order chi connectivity index (χ0) is 31.8. The van der Waals surface area contributed by atoms with E-state index in [2.05, 4.69) is 29.2 Å². The number of rotatable bonds is 16. The standard InChI is InChI=1S/C29H47N5O7/c1-10-12-13-14-20(5)18-40-28(39)32-25(21(6)41-29(7,8)9)27(38)31-22(17-19(3)4)26(37)33-34(24(36)11-2)16-15-23(30)35/h10-14,19,21-22,25H,1-2,15-18H2,3-9H3,(H2,30,35)(H,31,38)(H,32,39)(H,33,37)/b13-12-,20-14+/t21-,22+,25+/m1/s1. The Hall–Kier alpha value is -3.93. The summed E-state index contributed by atoms with van der Waals surface area (Å²) in [6.07, 6.45) is 6.15. The molecule has 0 unspecified atom stereocenters. The maximum Gasteiger partial charge on any atom is 0.408 e. The van der Waals surface area contributed by atoms with Gasteiger partial charge in [-0.2, -0.15) is 0 Å². The van der Waals surface area contributed by atoms with Crippen LogP contribution in [0.4, 0.5) is 4.79 Å². The number of ether oxygens (including phenoxy) is 2. The van der Waals surface area contributed by atoms with Gasteiger partial charge >= 0.3 is 6.09 Å². The van der Waals surface area contributed by atoms with Crippen LogP contribution in [-0.4, -0.2) is 71.7 Å². The number of allylic oxidation sites excluding steroid dienone is 4. The first-order valence-electron chi connectivity index (χ1n) is 13.4. The van der Waals surface area contributed by atoms with Gasteiger partial charge in [0.2, 0.25) is 11.8 Å². The quantitative estimate of drug-likeness (QED) is 0.124. The average molecular weight is 578 g/mol. The Morgan fingerprint density at radius 3 is 2.15 bits per heavy atom. The molecule has 0 aliphatic heterocycles. The highest BCUT2D eigenvalue weighted by atomic mass is 16.6. The van der Waals surface area contributed by atoms with Crippen molar-refractivity contribution in [2.24, 2.45) is 11.7 Å². The molecule has 41 heavy (non-hydrogen) atoms. The van der Waals surface area contributed by atoms with Crippen molar-refractivity contribution >= 4 is 29.7 Å². The number of carbonyl (C=O) groups is 5. The number of carbonyl (C=O) groups excluding carboxylic acids is 5. The topological polar surface area (TPSA) is 169 Å². The van der Waals surface area contributed by atoms with Crippen molar-refractivity contribution in [3.63, 3.8) is 0 Å². The van der Waals surface area contributed by atoms with Crippen LogP contribution in [0.1, 0.15) is 61.3 Å². The van der Waals surface area contributed by atoms with Crippen molar-refractivity contribution in [3.05, 3.63) is 49.1 Å². The number of alkyl carbamates (subject to hydrolysis) is 1. The van der Waals surface area contributed by atoms with Crippen molar-refractivity contribution in [1.29, 1.82) is 0 Å². The minimum absolute atomic E-state index is 0.0208. The SMILES string of the molecule is C=C/C=C\C=C(/C)COC(=O)N[C@H](C(=O)N[C@@H](CC(C)C)C(=O)NN(CCC(N)=O)C(=O)C=C)[C@@H](C)OC(C)(C)C. The summed E-state index contributed by atoms with van der Waals surface area (Å²) in [5, 5.41) is 6.10. The molecule has 5 N–H and O–H groups in total. The van der Waals surface area contributed by atoms with Crippen LogP contribution >= 0.6 is 0 Å². The van der Waals surface area contributed by atoms with Crippen molar-refractivity contribution in [2.45, 2.75) is 85.1 Å².